The maximum atomic E-state index is 11.8. The molecule has 7 heteroatoms. The molecular weight excluding hydrogens is 324 g/mol. The number of aromatic nitrogens is 2. The summed E-state index contributed by atoms with van der Waals surface area (Å²) in [7, 11) is 0. The van der Waals surface area contributed by atoms with Crippen LogP contribution in [0.15, 0.2) is 41.8 Å². The third-order valence-electron chi connectivity index (χ3n) is 3.50. The number of H-pyrrole nitrogens is 1. The van der Waals surface area contributed by atoms with Gasteiger partial charge in [-0.3, -0.25) is 9.59 Å². The Labute approximate surface area is 143 Å². The minimum Gasteiger partial charge on any atom is -0.356 e. The minimum atomic E-state index is -0.139. The first-order valence-electron chi connectivity index (χ1n) is 7.74. The van der Waals surface area contributed by atoms with E-state index in [0.717, 1.165) is 16.9 Å². The van der Waals surface area contributed by atoms with E-state index < -0.39 is 0 Å². The van der Waals surface area contributed by atoms with Crippen LogP contribution in [0.5, 0.6) is 0 Å². The zero-order chi connectivity index (χ0) is 16.8. The molecule has 2 aromatic heterocycles. The molecule has 24 heavy (non-hydrogen) atoms. The van der Waals surface area contributed by atoms with Gasteiger partial charge in [0, 0.05) is 25.9 Å². The van der Waals surface area contributed by atoms with Gasteiger partial charge in [0.1, 0.15) is 5.82 Å². The highest BCUT2D eigenvalue weighted by molar-refractivity contribution is 7.12. The molecule has 124 valence electrons. The van der Waals surface area contributed by atoms with Crippen LogP contribution in [0.4, 0.5) is 0 Å². The SMILES string of the molecule is O=C(CCNC(=O)c1cccs1)NCCc1nc2ccccc2[nH]1. The van der Waals surface area contributed by atoms with Crippen LogP contribution in [-0.4, -0.2) is 34.9 Å². The first-order chi connectivity index (χ1) is 11.7. The van der Waals surface area contributed by atoms with Gasteiger partial charge in [0.15, 0.2) is 0 Å². The van der Waals surface area contributed by atoms with Gasteiger partial charge in [-0.2, -0.15) is 0 Å². The predicted octanol–water partition coefficient (Wildman–Crippen LogP) is 2.10. The average Bonchev–Trinajstić information content (AvgIpc) is 3.24. The number of amides is 2. The molecule has 0 spiro atoms. The van der Waals surface area contributed by atoms with Crippen molar-refractivity contribution in [1.82, 2.24) is 20.6 Å². The molecule has 0 bridgehead atoms. The number of para-hydroxylation sites is 2. The van der Waals surface area contributed by atoms with Crippen LogP contribution in [0.3, 0.4) is 0 Å². The number of hydrogen-bond acceptors (Lipinski definition) is 4. The highest BCUT2D eigenvalue weighted by Crippen LogP contribution is 2.10. The van der Waals surface area contributed by atoms with Gasteiger partial charge in [-0.25, -0.2) is 4.98 Å². The molecule has 0 aliphatic heterocycles. The summed E-state index contributed by atoms with van der Waals surface area (Å²) in [6, 6.07) is 11.4. The number of hydrogen-bond donors (Lipinski definition) is 3. The lowest BCUT2D eigenvalue weighted by Gasteiger charge is -2.05. The molecule has 3 rings (SSSR count). The third-order valence-corrected chi connectivity index (χ3v) is 4.37. The number of fused-ring (bicyclic) bond motifs is 1. The van der Waals surface area contributed by atoms with E-state index in [1.807, 2.05) is 35.7 Å². The lowest BCUT2D eigenvalue weighted by Crippen LogP contribution is -2.31. The number of imidazole rings is 1. The van der Waals surface area contributed by atoms with Crippen LogP contribution in [0.25, 0.3) is 11.0 Å². The normalized spacial score (nSPS) is 10.7. The van der Waals surface area contributed by atoms with Crippen LogP contribution in [-0.2, 0) is 11.2 Å². The summed E-state index contributed by atoms with van der Waals surface area (Å²) < 4.78 is 0. The Morgan fingerprint density at radius 1 is 1.08 bits per heavy atom. The molecule has 0 radical (unpaired) electrons. The van der Waals surface area contributed by atoms with Crippen molar-refractivity contribution in [1.29, 1.82) is 0 Å². The minimum absolute atomic E-state index is 0.0856. The number of nitrogens with zero attached hydrogens (tertiary/aromatic N) is 1. The Morgan fingerprint density at radius 3 is 2.75 bits per heavy atom. The fourth-order valence-corrected chi connectivity index (χ4v) is 2.96. The molecule has 1 aromatic carbocycles. The van der Waals surface area contributed by atoms with Gasteiger partial charge < -0.3 is 15.6 Å². The van der Waals surface area contributed by atoms with Crippen LogP contribution < -0.4 is 10.6 Å². The summed E-state index contributed by atoms with van der Waals surface area (Å²) in [5.74, 6) is 0.625. The van der Waals surface area contributed by atoms with Gasteiger partial charge in [0.25, 0.3) is 5.91 Å². The van der Waals surface area contributed by atoms with Crippen LogP contribution in [0, 0.1) is 0 Å². The lowest BCUT2D eigenvalue weighted by molar-refractivity contribution is -0.120. The molecule has 0 aliphatic rings. The second-order valence-electron chi connectivity index (χ2n) is 5.28. The monoisotopic (exact) mass is 342 g/mol. The van der Waals surface area contributed by atoms with E-state index in [1.54, 1.807) is 6.07 Å². The number of carbonyl (C=O) groups is 2. The summed E-state index contributed by atoms with van der Waals surface area (Å²) in [6.07, 6.45) is 0.902. The second-order valence-corrected chi connectivity index (χ2v) is 6.23. The Kier molecular flexibility index (Phi) is 5.22. The lowest BCUT2D eigenvalue weighted by atomic mass is 10.3. The van der Waals surface area contributed by atoms with E-state index >= 15 is 0 Å². The molecule has 2 amide bonds. The molecular formula is C17H18N4O2S. The summed E-state index contributed by atoms with van der Waals surface area (Å²) in [6.45, 7) is 0.838. The predicted molar refractivity (Wildman–Crippen MR) is 94.1 cm³/mol. The number of carbonyl (C=O) groups excluding carboxylic acids is 2. The van der Waals surface area contributed by atoms with Crippen LogP contribution >= 0.6 is 11.3 Å². The first-order valence-corrected chi connectivity index (χ1v) is 8.62. The molecule has 0 fully saturated rings. The maximum Gasteiger partial charge on any atom is 0.261 e. The Morgan fingerprint density at radius 2 is 1.96 bits per heavy atom. The number of benzene rings is 1. The quantitative estimate of drug-likeness (QED) is 0.614. The van der Waals surface area contributed by atoms with E-state index in [1.165, 1.54) is 11.3 Å². The van der Waals surface area contributed by atoms with Crippen LogP contribution in [0.2, 0.25) is 0 Å². The summed E-state index contributed by atoms with van der Waals surface area (Å²) in [5.41, 5.74) is 1.92. The van der Waals surface area contributed by atoms with Crippen molar-refractivity contribution in [3.05, 3.63) is 52.5 Å². The van der Waals surface area contributed by atoms with Crippen molar-refractivity contribution in [3.63, 3.8) is 0 Å². The third kappa shape index (κ3) is 4.20. The Balaban J connectivity index is 1.36. The topological polar surface area (TPSA) is 86.9 Å². The maximum absolute atomic E-state index is 11.8. The molecule has 0 atom stereocenters. The van der Waals surface area contributed by atoms with E-state index in [2.05, 4.69) is 20.6 Å². The molecule has 3 aromatic rings. The summed E-state index contributed by atoms with van der Waals surface area (Å²) in [4.78, 5) is 31.8. The van der Waals surface area contributed by atoms with Gasteiger partial charge in [-0.15, -0.1) is 11.3 Å². The molecule has 6 nitrogen and oxygen atoms in total. The van der Waals surface area contributed by atoms with Gasteiger partial charge >= 0.3 is 0 Å². The van der Waals surface area contributed by atoms with E-state index in [9.17, 15) is 9.59 Å². The highest BCUT2D eigenvalue weighted by Gasteiger charge is 2.07. The molecule has 0 aliphatic carbocycles. The smallest absolute Gasteiger partial charge is 0.261 e. The zero-order valence-corrected chi connectivity index (χ0v) is 13.9. The fourth-order valence-electron chi connectivity index (χ4n) is 2.32. The summed E-state index contributed by atoms with van der Waals surface area (Å²) in [5, 5.41) is 7.42. The summed E-state index contributed by atoms with van der Waals surface area (Å²) >= 11 is 1.38. The van der Waals surface area contributed by atoms with Crippen molar-refractivity contribution >= 4 is 34.2 Å². The highest BCUT2D eigenvalue weighted by atomic mass is 32.1. The largest absolute Gasteiger partial charge is 0.356 e. The number of nitrogens with one attached hydrogen (secondary N) is 3. The molecule has 2 heterocycles. The van der Waals surface area contributed by atoms with Gasteiger partial charge in [-0.1, -0.05) is 18.2 Å². The molecule has 0 unspecified atom stereocenters. The average molecular weight is 342 g/mol. The number of aromatic amines is 1. The van der Waals surface area contributed by atoms with Crippen molar-refractivity contribution in [2.45, 2.75) is 12.8 Å². The van der Waals surface area contributed by atoms with E-state index in [0.29, 0.717) is 24.4 Å². The van der Waals surface area contributed by atoms with Crippen molar-refractivity contribution in [2.24, 2.45) is 0 Å². The Hall–Kier alpha value is -2.67. The fraction of sp³-hybridized carbons (Fsp3) is 0.235. The Bertz CT molecular complexity index is 793. The first kappa shape index (κ1) is 16.2. The zero-order valence-electron chi connectivity index (χ0n) is 13.0. The van der Waals surface area contributed by atoms with Crippen LogP contribution in [0.1, 0.15) is 21.9 Å². The molecule has 3 N–H and O–H groups in total. The number of thiophene rings is 1. The van der Waals surface area contributed by atoms with E-state index in [-0.39, 0.29) is 18.2 Å². The molecule has 0 saturated carbocycles. The van der Waals surface area contributed by atoms with E-state index in [4.69, 9.17) is 0 Å². The van der Waals surface area contributed by atoms with Crippen molar-refractivity contribution in [2.75, 3.05) is 13.1 Å². The molecule has 0 saturated heterocycles. The van der Waals surface area contributed by atoms with Gasteiger partial charge in [0.2, 0.25) is 5.91 Å². The van der Waals surface area contributed by atoms with Gasteiger partial charge in [0.05, 0.1) is 15.9 Å². The number of rotatable bonds is 7. The van der Waals surface area contributed by atoms with Gasteiger partial charge in [-0.05, 0) is 23.6 Å². The van der Waals surface area contributed by atoms with Crippen molar-refractivity contribution < 1.29 is 9.59 Å². The second kappa shape index (κ2) is 7.74. The standard InChI is InChI=1S/C17H18N4O2S/c22-16(8-10-19-17(23)14-6-3-11-24-14)18-9-7-15-20-12-4-1-2-5-13(12)21-15/h1-6,11H,7-10H2,(H,18,22)(H,19,23)(H,20,21). The van der Waals surface area contributed by atoms with Crippen molar-refractivity contribution in [3.8, 4) is 0 Å².